The fourth-order valence-electron chi connectivity index (χ4n) is 2.52. The number of amides is 1. The van der Waals surface area contributed by atoms with E-state index in [4.69, 9.17) is 4.74 Å². The molecule has 0 fully saturated rings. The predicted octanol–water partition coefficient (Wildman–Crippen LogP) is 4.00. The maximum atomic E-state index is 12.1. The van der Waals surface area contributed by atoms with Crippen molar-refractivity contribution >= 4 is 35.1 Å². The van der Waals surface area contributed by atoms with Crippen LogP contribution in [-0.2, 0) is 16.1 Å². The van der Waals surface area contributed by atoms with Crippen molar-refractivity contribution < 1.29 is 14.3 Å². The zero-order valence-corrected chi connectivity index (χ0v) is 17.3. The number of benzene rings is 2. The number of nitrogens with one attached hydrogen (secondary N) is 2. The third-order valence-corrected chi connectivity index (χ3v) is 4.91. The van der Waals surface area contributed by atoms with Gasteiger partial charge in [-0.3, -0.25) is 4.79 Å². The van der Waals surface area contributed by atoms with Crippen molar-refractivity contribution in [3.05, 3.63) is 77.9 Å². The van der Waals surface area contributed by atoms with E-state index in [1.54, 1.807) is 31.2 Å². The smallest absolute Gasteiger partial charge is 0.338 e. The molecule has 0 saturated carbocycles. The second-order valence-electron chi connectivity index (χ2n) is 6.23. The molecule has 0 aliphatic carbocycles. The number of anilines is 2. The number of ether oxygens (including phenoxy) is 1. The van der Waals surface area contributed by atoms with Gasteiger partial charge in [-0.15, -0.1) is 10.2 Å². The molecule has 0 bridgehead atoms. The van der Waals surface area contributed by atoms with Gasteiger partial charge in [0.25, 0.3) is 0 Å². The number of hydrogen-bond donors (Lipinski definition) is 2. The van der Waals surface area contributed by atoms with Gasteiger partial charge in [0, 0.05) is 12.2 Å². The largest absolute Gasteiger partial charge is 0.462 e. The molecule has 1 amide bonds. The molecule has 0 saturated heterocycles. The maximum absolute atomic E-state index is 12.1. The Hall–Kier alpha value is -3.39. The summed E-state index contributed by atoms with van der Waals surface area (Å²) in [5.74, 6) is 0.322. The van der Waals surface area contributed by atoms with E-state index in [0.717, 1.165) is 5.56 Å². The minimum absolute atomic E-state index is 0.169. The van der Waals surface area contributed by atoms with Crippen LogP contribution < -0.4 is 10.6 Å². The van der Waals surface area contributed by atoms with Crippen LogP contribution in [0.15, 0.2) is 71.8 Å². The molecular weight excluding hydrogens is 400 g/mol. The molecule has 3 rings (SSSR count). The van der Waals surface area contributed by atoms with Gasteiger partial charge in [-0.05, 0) is 48.9 Å². The number of carbonyl (C=O) groups excluding carboxylic acids is 2. The van der Waals surface area contributed by atoms with Gasteiger partial charge in [0.1, 0.15) is 10.8 Å². The Morgan fingerprint density at radius 1 is 0.967 bits per heavy atom. The minimum atomic E-state index is -0.383. The Morgan fingerprint density at radius 2 is 1.73 bits per heavy atom. The first-order chi connectivity index (χ1) is 14.6. The third kappa shape index (κ3) is 6.59. The van der Waals surface area contributed by atoms with Gasteiger partial charge in [0.05, 0.1) is 17.9 Å². The van der Waals surface area contributed by atoms with Crippen molar-refractivity contribution in [1.29, 1.82) is 0 Å². The highest BCUT2D eigenvalue weighted by Crippen LogP contribution is 2.17. The number of aromatic nitrogens is 2. The molecule has 0 radical (unpaired) electrons. The van der Waals surface area contributed by atoms with Crippen molar-refractivity contribution in [2.45, 2.75) is 18.5 Å². The first-order valence-corrected chi connectivity index (χ1v) is 10.4. The highest BCUT2D eigenvalue weighted by Gasteiger charge is 2.08. The van der Waals surface area contributed by atoms with Crippen LogP contribution in [0.3, 0.4) is 0 Å². The first kappa shape index (κ1) is 21.3. The lowest BCUT2D eigenvalue weighted by Crippen LogP contribution is -2.14. The number of carbonyl (C=O) groups is 2. The zero-order chi connectivity index (χ0) is 21.2. The average molecular weight is 423 g/mol. The van der Waals surface area contributed by atoms with Crippen LogP contribution in [-0.4, -0.2) is 34.4 Å². The summed E-state index contributed by atoms with van der Waals surface area (Å²) in [6.45, 7) is 2.74. The summed E-state index contributed by atoms with van der Waals surface area (Å²) in [5, 5.41) is 14.9. The molecule has 7 nitrogen and oxygen atoms in total. The van der Waals surface area contributed by atoms with Crippen LogP contribution in [0.5, 0.6) is 0 Å². The molecule has 8 heteroatoms. The van der Waals surface area contributed by atoms with E-state index < -0.39 is 0 Å². The van der Waals surface area contributed by atoms with Gasteiger partial charge in [0.2, 0.25) is 5.91 Å². The first-order valence-electron chi connectivity index (χ1n) is 9.45. The average Bonchev–Trinajstić information content (AvgIpc) is 2.78. The zero-order valence-electron chi connectivity index (χ0n) is 16.5. The molecular formula is C22H22N4O3S. The molecule has 1 heterocycles. The number of esters is 1. The highest BCUT2D eigenvalue weighted by atomic mass is 32.2. The normalized spacial score (nSPS) is 10.3. The molecule has 154 valence electrons. The van der Waals surface area contributed by atoms with E-state index in [9.17, 15) is 9.59 Å². The summed E-state index contributed by atoms with van der Waals surface area (Å²) in [6, 6.07) is 20.3. The summed E-state index contributed by atoms with van der Waals surface area (Å²) in [4.78, 5) is 23.8. The number of hydrogen-bond acceptors (Lipinski definition) is 7. The van der Waals surface area contributed by atoms with Crippen molar-refractivity contribution in [1.82, 2.24) is 10.2 Å². The maximum Gasteiger partial charge on any atom is 0.338 e. The van der Waals surface area contributed by atoms with Gasteiger partial charge >= 0.3 is 5.97 Å². The molecule has 30 heavy (non-hydrogen) atoms. The van der Waals surface area contributed by atoms with Gasteiger partial charge in [-0.25, -0.2) is 4.79 Å². The molecule has 0 atom stereocenters. The predicted molar refractivity (Wildman–Crippen MR) is 118 cm³/mol. The van der Waals surface area contributed by atoms with E-state index in [-0.39, 0.29) is 17.6 Å². The molecule has 0 spiro atoms. The van der Waals surface area contributed by atoms with Crippen LogP contribution in [0.1, 0.15) is 22.8 Å². The van der Waals surface area contributed by atoms with Crippen LogP contribution in [0.2, 0.25) is 0 Å². The van der Waals surface area contributed by atoms with Crippen LogP contribution in [0.25, 0.3) is 0 Å². The summed E-state index contributed by atoms with van der Waals surface area (Å²) < 4.78 is 4.94. The quantitative estimate of drug-likeness (QED) is 0.398. The van der Waals surface area contributed by atoms with Crippen LogP contribution in [0.4, 0.5) is 11.5 Å². The van der Waals surface area contributed by atoms with Gasteiger partial charge in [-0.1, -0.05) is 42.1 Å². The SMILES string of the molecule is CCOC(=O)c1ccc(NC(=O)CSc2ccc(NCc3ccccc3)nn2)cc1. The topological polar surface area (TPSA) is 93.2 Å². The number of rotatable bonds is 9. The van der Waals surface area contributed by atoms with Gasteiger partial charge < -0.3 is 15.4 Å². The standard InChI is InChI=1S/C22H22N4O3S/c1-2-29-22(28)17-8-10-18(11-9-17)24-20(27)15-30-21-13-12-19(25-26-21)23-14-16-6-4-3-5-7-16/h3-13H,2,14-15H2,1H3,(H,23,25)(H,24,27). The lowest BCUT2D eigenvalue weighted by Gasteiger charge is -2.07. The van der Waals surface area contributed by atoms with Crippen LogP contribution in [0, 0.1) is 0 Å². The molecule has 0 aliphatic rings. The van der Waals surface area contributed by atoms with Gasteiger partial charge in [0.15, 0.2) is 0 Å². The number of nitrogens with zero attached hydrogens (tertiary/aromatic N) is 2. The van der Waals surface area contributed by atoms with Crippen LogP contribution >= 0.6 is 11.8 Å². The van der Waals surface area contributed by atoms with E-state index in [1.165, 1.54) is 11.8 Å². The molecule has 2 N–H and O–H groups in total. The fraction of sp³-hybridized carbons (Fsp3) is 0.182. The monoisotopic (exact) mass is 422 g/mol. The second kappa shape index (κ2) is 11.0. The summed E-state index contributed by atoms with van der Waals surface area (Å²) in [7, 11) is 0. The van der Waals surface area contributed by atoms with E-state index in [0.29, 0.717) is 35.2 Å². The lowest BCUT2D eigenvalue weighted by atomic mass is 10.2. The Labute approximate surface area is 179 Å². The third-order valence-electron chi connectivity index (χ3n) is 3.99. The molecule has 2 aromatic carbocycles. The van der Waals surface area contributed by atoms with Crippen molar-refractivity contribution in [2.75, 3.05) is 23.0 Å². The van der Waals surface area contributed by atoms with E-state index >= 15 is 0 Å². The molecule has 1 aromatic heterocycles. The molecule has 0 unspecified atom stereocenters. The lowest BCUT2D eigenvalue weighted by molar-refractivity contribution is -0.113. The fourth-order valence-corrected chi connectivity index (χ4v) is 3.13. The highest BCUT2D eigenvalue weighted by molar-refractivity contribution is 7.99. The molecule has 3 aromatic rings. The summed E-state index contributed by atoms with van der Waals surface area (Å²) in [5.41, 5.74) is 2.21. The Morgan fingerprint density at radius 3 is 2.40 bits per heavy atom. The number of thioether (sulfide) groups is 1. The van der Waals surface area contributed by atoms with E-state index in [2.05, 4.69) is 20.8 Å². The van der Waals surface area contributed by atoms with Crippen molar-refractivity contribution in [3.63, 3.8) is 0 Å². The molecule has 0 aliphatic heterocycles. The summed E-state index contributed by atoms with van der Waals surface area (Å²) in [6.07, 6.45) is 0. The van der Waals surface area contributed by atoms with Crippen molar-refractivity contribution in [3.8, 4) is 0 Å². The van der Waals surface area contributed by atoms with Crippen molar-refractivity contribution in [2.24, 2.45) is 0 Å². The van der Waals surface area contributed by atoms with Gasteiger partial charge in [-0.2, -0.15) is 0 Å². The Kier molecular flexibility index (Phi) is 7.79. The Balaban J connectivity index is 1.43. The second-order valence-corrected chi connectivity index (χ2v) is 7.23. The Bertz CT molecular complexity index is 964. The minimum Gasteiger partial charge on any atom is -0.462 e. The summed E-state index contributed by atoms with van der Waals surface area (Å²) >= 11 is 1.30. The van der Waals surface area contributed by atoms with E-state index in [1.807, 2.05) is 42.5 Å².